The third-order valence-corrected chi connectivity index (χ3v) is 3.96. The Morgan fingerprint density at radius 3 is 2.67 bits per heavy atom. The lowest BCUT2D eigenvalue weighted by molar-refractivity contribution is 0.696. The summed E-state index contributed by atoms with van der Waals surface area (Å²) in [6, 6.07) is 2.14. The lowest BCUT2D eigenvalue weighted by Crippen LogP contribution is -2.00. The molecule has 0 amide bonds. The minimum absolute atomic E-state index is 0.0990. The van der Waals surface area contributed by atoms with Gasteiger partial charge in [0.2, 0.25) is 10.6 Å². The van der Waals surface area contributed by atoms with Crippen LogP contribution in [0.2, 0.25) is 10.6 Å². The number of halogens is 2. The second-order valence-corrected chi connectivity index (χ2v) is 5.91. The maximum Gasteiger partial charge on any atom is 0.226 e. The van der Waals surface area contributed by atoms with Crippen LogP contribution in [-0.4, -0.2) is 24.5 Å². The van der Waals surface area contributed by atoms with Gasteiger partial charge in [-0.05, 0) is 52.0 Å². The summed E-state index contributed by atoms with van der Waals surface area (Å²) in [6.45, 7) is 0.891. The van der Waals surface area contributed by atoms with Gasteiger partial charge >= 0.3 is 0 Å². The molecule has 0 aliphatic carbocycles. The predicted molar refractivity (Wildman–Crippen MR) is 82.9 cm³/mol. The number of hydrogen-bond donors (Lipinski definition) is 0. The highest BCUT2D eigenvalue weighted by molar-refractivity contribution is 7.07. The molecule has 0 unspecified atom stereocenters. The average Bonchev–Trinajstić information content (AvgIpc) is 3.06. The fraction of sp³-hybridized carbons (Fsp3) is 0.231. The van der Waals surface area contributed by atoms with Crippen LogP contribution >= 0.6 is 34.5 Å². The molecule has 0 aromatic carbocycles. The monoisotopic (exact) mass is 339 g/mol. The van der Waals surface area contributed by atoms with Crippen molar-refractivity contribution in [1.29, 1.82) is 0 Å². The third-order valence-electron chi connectivity index (χ3n) is 2.89. The second kappa shape index (κ2) is 6.51. The van der Waals surface area contributed by atoms with E-state index in [1.165, 1.54) is 5.56 Å². The van der Waals surface area contributed by atoms with E-state index in [4.69, 9.17) is 23.2 Å². The van der Waals surface area contributed by atoms with E-state index in [1.54, 1.807) is 11.3 Å². The molecule has 0 aliphatic rings. The van der Waals surface area contributed by atoms with Gasteiger partial charge in [0.15, 0.2) is 0 Å². The van der Waals surface area contributed by atoms with E-state index in [1.807, 2.05) is 12.5 Å². The molecule has 0 saturated heterocycles. The van der Waals surface area contributed by atoms with E-state index >= 15 is 0 Å². The van der Waals surface area contributed by atoms with Crippen molar-refractivity contribution < 1.29 is 0 Å². The zero-order valence-electron chi connectivity index (χ0n) is 10.9. The quantitative estimate of drug-likeness (QED) is 0.715. The van der Waals surface area contributed by atoms with Crippen molar-refractivity contribution in [3.8, 4) is 0 Å². The van der Waals surface area contributed by atoms with Crippen molar-refractivity contribution in [1.82, 2.24) is 24.5 Å². The van der Waals surface area contributed by atoms with Crippen LogP contribution in [0.3, 0.4) is 0 Å². The van der Waals surface area contributed by atoms with Crippen molar-refractivity contribution in [2.45, 2.75) is 19.4 Å². The van der Waals surface area contributed by atoms with Crippen LogP contribution in [0.1, 0.15) is 17.1 Å². The molecule has 0 radical (unpaired) electrons. The molecule has 5 nitrogen and oxygen atoms in total. The number of aryl methyl sites for hydroxylation is 2. The summed E-state index contributed by atoms with van der Waals surface area (Å²) in [5, 5.41) is 4.44. The fourth-order valence-corrected chi connectivity index (χ4v) is 3.02. The van der Waals surface area contributed by atoms with E-state index in [9.17, 15) is 0 Å². The minimum Gasteiger partial charge on any atom is -0.337 e. The van der Waals surface area contributed by atoms with Gasteiger partial charge in [-0.25, -0.2) is 15.0 Å². The molecule has 108 valence electrons. The van der Waals surface area contributed by atoms with Gasteiger partial charge in [0.1, 0.15) is 5.82 Å². The summed E-state index contributed by atoms with van der Waals surface area (Å²) >= 11 is 13.2. The lowest BCUT2D eigenvalue weighted by atomic mass is 10.2. The Hall–Kier alpha value is -1.50. The molecule has 8 heteroatoms. The summed E-state index contributed by atoms with van der Waals surface area (Å²) in [6.07, 6.45) is 5.26. The summed E-state index contributed by atoms with van der Waals surface area (Å²) in [5.41, 5.74) is 2.21. The number of nitrogens with zero attached hydrogens (tertiary/aromatic N) is 5. The Labute approximate surface area is 135 Å². The first-order valence-electron chi connectivity index (χ1n) is 6.27. The van der Waals surface area contributed by atoms with Gasteiger partial charge in [-0.15, -0.1) is 0 Å². The summed E-state index contributed by atoms with van der Waals surface area (Å²) in [7, 11) is 0. The van der Waals surface area contributed by atoms with Crippen LogP contribution in [-0.2, 0) is 19.4 Å². The highest BCUT2D eigenvalue weighted by atomic mass is 35.5. The standard InChI is InChI=1S/C13H11Cl2N5S/c14-12-17-11(18-13(15)19-12)5-10-6-20(8-16-10)3-1-9-2-4-21-7-9/h2,4,6-8H,1,3,5H2. The number of thiophene rings is 1. The Morgan fingerprint density at radius 1 is 1.14 bits per heavy atom. The fourth-order valence-electron chi connectivity index (χ4n) is 1.92. The van der Waals surface area contributed by atoms with Crippen LogP contribution in [0.15, 0.2) is 29.4 Å². The zero-order chi connectivity index (χ0) is 14.7. The zero-order valence-corrected chi connectivity index (χ0v) is 13.2. The van der Waals surface area contributed by atoms with Crippen LogP contribution in [0.25, 0.3) is 0 Å². The number of hydrogen-bond acceptors (Lipinski definition) is 5. The van der Waals surface area contributed by atoms with Gasteiger partial charge < -0.3 is 4.57 Å². The summed E-state index contributed by atoms with van der Waals surface area (Å²) in [5.74, 6) is 0.517. The van der Waals surface area contributed by atoms with Crippen LogP contribution in [0.5, 0.6) is 0 Å². The minimum atomic E-state index is 0.0990. The molecular weight excluding hydrogens is 329 g/mol. The Morgan fingerprint density at radius 2 is 1.95 bits per heavy atom. The average molecular weight is 340 g/mol. The van der Waals surface area contributed by atoms with Crippen LogP contribution < -0.4 is 0 Å². The number of imidazole rings is 1. The Kier molecular flexibility index (Phi) is 4.48. The highest BCUT2D eigenvalue weighted by Crippen LogP contribution is 2.11. The van der Waals surface area contributed by atoms with Gasteiger partial charge in [0.05, 0.1) is 18.4 Å². The Balaban J connectivity index is 1.64. The molecule has 3 aromatic heterocycles. The first kappa shape index (κ1) is 14.4. The van der Waals surface area contributed by atoms with E-state index in [2.05, 4.69) is 41.3 Å². The van der Waals surface area contributed by atoms with Gasteiger partial charge in [-0.1, -0.05) is 0 Å². The lowest BCUT2D eigenvalue weighted by Gasteiger charge is -2.00. The maximum absolute atomic E-state index is 5.76. The van der Waals surface area contributed by atoms with E-state index < -0.39 is 0 Å². The molecule has 0 saturated carbocycles. The summed E-state index contributed by atoms with van der Waals surface area (Å²) < 4.78 is 2.05. The van der Waals surface area contributed by atoms with E-state index in [-0.39, 0.29) is 10.6 Å². The van der Waals surface area contributed by atoms with Gasteiger partial charge in [-0.3, -0.25) is 0 Å². The first-order chi connectivity index (χ1) is 10.2. The summed E-state index contributed by atoms with van der Waals surface area (Å²) in [4.78, 5) is 16.1. The maximum atomic E-state index is 5.76. The van der Waals surface area contributed by atoms with Crippen molar-refractivity contribution in [3.63, 3.8) is 0 Å². The molecular formula is C13H11Cl2N5S. The molecule has 3 aromatic rings. The van der Waals surface area contributed by atoms with Crippen molar-refractivity contribution in [2.75, 3.05) is 0 Å². The second-order valence-electron chi connectivity index (χ2n) is 4.45. The SMILES string of the molecule is Clc1nc(Cl)nc(Cc2cn(CCc3ccsc3)cn2)n1. The molecule has 0 fully saturated rings. The molecule has 3 rings (SSSR count). The van der Waals surface area contributed by atoms with Crippen molar-refractivity contribution in [3.05, 3.63) is 57.0 Å². The predicted octanol–water partition coefficient (Wildman–Crippen LogP) is 3.27. The Bertz CT molecular complexity index is 706. The van der Waals surface area contributed by atoms with Gasteiger partial charge in [0, 0.05) is 12.7 Å². The van der Waals surface area contributed by atoms with Gasteiger partial charge in [0.25, 0.3) is 0 Å². The smallest absolute Gasteiger partial charge is 0.226 e. The third kappa shape index (κ3) is 4.00. The van der Waals surface area contributed by atoms with Crippen molar-refractivity contribution >= 4 is 34.5 Å². The molecule has 0 N–H and O–H groups in total. The topological polar surface area (TPSA) is 56.5 Å². The molecule has 3 heterocycles. The van der Waals surface area contributed by atoms with E-state index in [0.29, 0.717) is 12.2 Å². The highest BCUT2D eigenvalue weighted by Gasteiger charge is 2.07. The molecule has 0 spiro atoms. The van der Waals surface area contributed by atoms with Crippen molar-refractivity contribution in [2.24, 2.45) is 0 Å². The molecule has 0 aliphatic heterocycles. The number of aromatic nitrogens is 5. The van der Waals surface area contributed by atoms with Gasteiger partial charge in [-0.2, -0.15) is 16.3 Å². The first-order valence-corrected chi connectivity index (χ1v) is 7.96. The molecule has 21 heavy (non-hydrogen) atoms. The normalized spacial score (nSPS) is 11.0. The molecule has 0 atom stereocenters. The molecule has 0 bridgehead atoms. The van der Waals surface area contributed by atoms with E-state index in [0.717, 1.165) is 18.7 Å². The van der Waals surface area contributed by atoms with Crippen LogP contribution in [0, 0.1) is 0 Å². The number of rotatable bonds is 5. The largest absolute Gasteiger partial charge is 0.337 e. The van der Waals surface area contributed by atoms with Crippen LogP contribution in [0.4, 0.5) is 0 Å².